The van der Waals surface area contributed by atoms with Gasteiger partial charge in [-0.1, -0.05) is 0 Å². The summed E-state index contributed by atoms with van der Waals surface area (Å²) in [6.45, 7) is 1.90. The summed E-state index contributed by atoms with van der Waals surface area (Å²) in [4.78, 5) is 0. The predicted molar refractivity (Wildman–Crippen MR) is 68.6 cm³/mol. The Balaban J connectivity index is 2.23. The van der Waals surface area contributed by atoms with Crippen LogP contribution in [0, 0.1) is 12.3 Å². The van der Waals surface area contributed by atoms with Gasteiger partial charge in [0, 0.05) is 21.8 Å². The molecule has 4 N–H and O–H groups in total. The minimum absolute atomic E-state index is 0.0130. The second-order valence-corrected chi connectivity index (χ2v) is 4.40. The number of nitrogens with zero attached hydrogens (tertiary/aromatic N) is 1. The fourth-order valence-electron chi connectivity index (χ4n) is 1.34. The van der Waals surface area contributed by atoms with Crippen molar-refractivity contribution in [2.45, 2.75) is 6.92 Å². The van der Waals surface area contributed by atoms with Gasteiger partial charge in [-0.2, -0.15) is 0 Å². The molecule has 6 heteroatoms. The zero-order valence-electron chi connectivity index (χ0n) is 9.12. The maximum absolute atomic E-state index is 7.36. The number of halogens is 1. The van der Waals surface area contributed by atoms with E-state index in [1.165, 1.54) is 0 Å². The number of aromatic amines is 1. The van der Waals surface area contributed by atoms with Crippen molar-refractivity contribution in [2.75, 3.05) is 0 Å². The van der Waals surface area contributed by atoms with Crippen molar-refractivity contribution < 1.29 is 4.74 Å². The molecule has 0 amide bonds. The number of nitrogen functional groups attached to an aromatic ring is 1. The normalized spacial score (nSPS) is 10.2. The first-order chi connectivity index (χ1) is 8.06. The van der Waals surface area contributed by atoms with Crippen molar-refractivity contribution in [3.63, 3.8) is 0 Å². The number of aryl methyl sites for hydroxylation is 1. The minimum Gasteiger partial charge on any atom is -0.438 e. The molecule has 1 aromatic heterocycles. The Hall–Kier alpha value is -1.82. The molecule has 2 rings (SSSR count). The lowest BCUT2D eigenvalue weighted by molar-refractivity contribution is 0.461. The van der Waals surface area contributed by atoms with Crippen LogP contribution in [0.3, 0.4) is 0 Å². The summed E-state index contributed by atoms with van der Waals surface area (Å²) in [6.07, 6.45) is 0. The first-order valence-electron chi connectivity index (χ1n) is 4.90. The molecule has 0 unspecified atom stereocenters. The van der Waals surface area contributed by atoms with Crippen LogP contribution >= 0.6 is 15.9 Å². The summed E-state index contributed by atoms with van der Waals surface area (Å²) in [5, 5.41) is 14.1. The number of rotatable bonds is 3. The van der Waals surface area contributed by atoms with Gasteiger partial charge >= 0.3 is 0 Å². The van der Waals surface area contributed by atoms with Gasteiger partial charge in [0.15, 0.2) is 0 Å². The molecule has 0 aliphatic heterocycles. The molecular formula is C11H11BrN4O. The van der Waals surface area contributed by atoms with Crippen LogP contribution < -0.4 is 10.5 Å². The third-order valence-electron chi connectivity index (χ3n) is 2.14. The SMILES string of the molecule is Cc1cc(Oc2ccc(C(=N)N)c(Br)c2)n[nH]1. The van der Waals surface area contributed by atoms with E-state index in [9.17, 15) is 0 Å². The third-order valence-corrected chi connectivity index (χ3v) is 2.79. The topological polar surface area (TPSA) is 87.8 Å². The number of hydrogen-bond acceptors (Lipinski definition) is 3. The van der Waals surface area contributed by atoms with Crippen LogP contribution in [0.5, 0.6) is 11.6 Å². The number of nitrogens with two attached hydrogens (primary N) is 1. The molecule has 1 heterocycles. The van der Waals surface area contributed by atoms with Crippen molar-refractivity contribution in [3.8, 4) is 11.6 Å². The number of aromatic nitrogens is 2. The van der Waals surface area contributed by atoms with Crippen molar-refractivity contribution >= 4 is 21.8 Å². The molecule has 0 aliphatic rings. The molecule has 0 fully saturated rings. The van der Waals surface area contributed by atoms with Crippen LogP contribution in [0.4, 0.5) is 0 Å². The van der Waals surface area contributed by atoms with Gasteiger partial charge in [0.25, 0.3) is 0 Å². The van der Waals surface area contributed by atoms with Crippen molar-refractivity contribution in [3.05, 3.63) is 40.0 Å². The highest BCUT2D eigenvalue weighted by Gasteiger charge is 2.06. The zero-order valence-corrected chi connectivity index (χ0v) is 10.7. The summed E-state index contributed by atoms with van der Waals surface area (Å²) in [5.41, 5.74) is 6.98. The molecule has 0 atom stereocenters. The fourth-order valence-corrected chi connectivity index (χ4v) is 1.92. The average molecular weight is 295 g/mol. The second kappa shape index (κ2) is 4.58. The molecular weight excluding hydrogens is 284 g/mol. The molecule has 0 aliphatic carbocycles. The van der Waals surface area contributed by atoms with E-state index in [0.29, 0.717) is 17.2 Å². The number of nitrogens with one attached hydrogen (secondary N) is 2. The fraction of sp³-hybridized carbons (Fsp3) is 0.0909. The maximum Gasteiger partial charge on any atom is 0.238 e. The molecule has 5 nitrogen and oxygen atoms in total. The lowest BCUT2D eigenvalue weighted by Crippen LogP contribution is -2.11. The Morgan fingerprint density at radius 2 is 2.24 bits per heavy atom. The lowest BCUT2D eigenvalue weighted by atomic mass is 10.2. The van der Waals surface area contributed by atoms with Crippen LogP contribution in [-0.2, 0) is 0 Å². The van der Waals surface area contributed by atoms with Gasteiger partial charge in [-0.15, -0.1) is 5.10 Å². The Morgan fingerprint density at radius 1 is 1.47 bits per heavy atom. The quantitative estimate of drug-likeness (QED) is 0.600. The Bertz CT molecular complexity index is 564. The molecule has 0 radical (unpaired) electrons. The average Bonchev–Trinajstić information content (AvgIpc) is 2.63. The minimum atomic E-state index is 0.0130. The van der Waals surface area contributed by atoms with Crippen LogP contribution in [0.25, 0.3) is 0 Å². The third kappa shape index (κ3) is 2.65. The van der Waals surface area contributed by atoms with Gasteiger partial charge in [-0.05, 0) is 41.1 Å². The molecule has 2 aromatic rings. The highest BCUT2D eigenvalue weighted by Crippen LogP contribution is 2.26. The summed E-state index contributed by atoms with van der Waals surface area (Å²) < 4.78 is 6.25. The number of benzene rings is 1. The van der Waals surface area contributed by atoms with Crippen molar-refractivity contribution in [1.82, 2.24) is 10.2 Å². The number of amidine groups is 1. The number of hydrogen-bond donors (Lipinski definition) is 3. The molecule has 88 valence electrons. The summed E-state index contributed by atoms with van der Waals surface area (Å²) >= 11 is 3.34. The predicted octanol–water partition coefficient (Wildman–Crippen LogP) is 2.56. The van der Waals surface area contributed by atoms with E-state index in [0.717, 1.165) is 10.2 Å². The first-order valence-corrected chi connectivity index (χ1v) is 5.69. The number of ether oxygens (including phenoxy) is 1. The molecule has 0 spiro atoms. The van der Waals surface area contributed by atoms with Crippen molar-refractivity contribution in [1.29, 1.82) is 5.41 Å². The largest absolute Gasteiger partial charge is 0.438 e. The van der Waals surface area contributed by atoms with E-state index in [4.69, 9.17) is 15.9 Å². The van der Waals surface area contributed by atoms with Gasteiger partial charge in [0.05, 0.1) is 0 Å². The van der Waals surface area contributed by atoms with Crippen molar-refractivity contribution in [2.24, 2.45) is 5.73 Å². The molecule has 0 bridgehead atoms. The highest BCUT2D eigenvalue weighted by molar-refractivity contribution is 9.10. The van der Waals surface area contributed by atoms with Gasteiger partial charge in [0.1, 0.15) is 11.6 Å². The maximum atomic E-state index is 7.36. The van der Waals surface area contributed by atoms with Gasteiger partial charge < -0.3 is 10.5 Å². The Kier molecular flexibility index (Phi) is 3.14. The molecule has 17 heavy (non-hydrogen) atoms. The van der Waals surface area contributed by atoms with Gasteiger partial charge in [-0.3, -0.25) is 10.5 Å². The first kappa shape index (κ1) is 11.7. The van der Waals surface area contributed by atoms with E-state index in [2.05, 4.69) is 26.1 Å². The standard InChI is InChI=1S/C11H11BrN4O/c1-6-4-10(16-15-6)17-7-2-3-8(11(13)14)9(12)5-7/h2-5H,1H3,(H3,13,14)(H,15,16). The smallest absolute Gasteiger partial charge is 0.238 e. The van der Waals surface area contributed by atoms with Crippen LogP contribution in [0.15, 0.2) is 28.7 Å². The molecule has 1 aromatic carbocycles. The zero-order chi connectivity index (χ0) is 12.4. The van der Waals surface area contributed by atoms with Crippen LogP contribution in [0.1, 0.15) is 11.3 Å². The monoisotopic (exact) mass is 294 g/mol. The summed E-state index contributed by atoms with van der Waals surface area (Å²) in [7, 11) is 0. The molecule has 0 saturated carbocycles. The number of H-pyrrole nitrogens is 1. The Morgan fingerprint density at radius 3 is 2.76 bits per heavy atom. The lowest BCUT2D eigenvalue weighted by Gasteiger charge is -2.05. The van der Waals surface area contributed by atoms with Crippen LogP contribution in [0.2, 0.25) is 0 Å². The van der Waals surface area contributed by atoms with Gasteiger partial charge in [-0.25, -0.2) is 0 Å². The van der Waals surface area contributed by atoms with E-state index >= 15 is 0 Å². The summed E-state index contributed by atoms with van der Waals surface area (Å²) in [5.74, 6) is 1.15. The molecule has 0 saturated heterocycles. The summed E-state index contributed by atoms with van der Waals surface area (Å²) in [6, 6.07) is 7.01. The van der Waals surface area contributed by atoms with E-state index < -0.39 is 0 Å². The van der Waals surface area contributed by atoms with E-state index in [-0.39, 0.29) is 5.84 Å². The van der Waals surface area contributed by atoms with E-state index in [1.807, 2.05) is 6.92 Å². The van der Waals surface area contributed by atoms with E-state index in [1.54, 1.807) is 24.3 Å². The second-order valence-electron chi connectivity index (χ2n) is 3.55. The van der Waals surface area contributed by atoms with Gasteiger partial charge in [0.2, 0.25) is 5.88 Å². The van der Waals surface area contributed by atoms with Crippen LogP contribution in [-0.4, -0.2) is 16.0 Å². The Labute approximate surface area is 107 Å². The highest BCUT2D eigenvalue weighted by atomic mass is 79.9.